The van der Waals surface area contributed by atoms with Crippen LogP contribution in [0, 0.1) is 0 Å². The molecule has 150 valence electrons. The van der Waals surface area contributed by atoms with Crippen molar-refractivity contribution in [3.8, 4) is 0 Å². The molecule has 6 heteroatoms. The molecule has 0 aliphatic carbocycles. The highest BCUT2D eigenvalue weighted by atomic mass is 32.2. The SMILES string of the molecule is O=C(CSc1ccccc1)N(Cc1ccccc1)Cc1nc2ccccc2c(=O)[nH]1. The molecule has 0 radical (unpaired) electrons. The van der Waals surface area contributed by atoms with E-state index < -0.39 is 0 Å². The maximum Gasteiger partial charge on any atom is 0.258 e. The molecule has 3 aromatic carbocycles. The largest absolute Gasteiger partial charge is 0.330 e. The number of carbonyl (C=O) groups is 1. The van der Waals surface area contributed by atoms with E-state index in [1.165, 1.54) is 11.8 Å². The van der Waals surface area contributed by atoms with Gasteiger partial charge in [-0.2, -0.15) is 0 Å². The number of aromatic amines is 1. The molecular formula is C24H21N3O2S. The second-order valence-electron chi connectivity index (χ2n) is 6.87. The van der Waals surface area contributed by atoms with Gasteiger partial charge in [0.1, 0.15) is 5.82 Å². The fraction of sp³-hybridized carbons (Fsp3) is 0.125. The summed E-state index contributed by atoms with van der Waals surface area (Å²) in [4.78, 5) is 35.6. The van der Waals surface area contributed by atoms with E-state index in [0.717, 1.165) is 10.5 Å². The van der Waals surface area contributed by atoms with Gasteiger partial charge < -0.3 is 9.88 Å². The van der Waals surface area contributed by atoms with Gasteiger partial charge in [0.25, 0.3) is 5.56 Å². The number of amides is 1. The number of carbonyl (C=O) groups excluding carboxylic acids is 1. The Hall–Kier alpha value is -3.38. The van der Waals surface area contributed by atoms with Crippen LogP contribution in [0.15, 0.2) is 94.6 Å². The third kappa shape index (κ3) is 4.96. The summed E-state index contributed by atoms with van der Waals surface area (Å²) in [5.74, 6) is 0.783. The second-order valence-corrected chi connectivity index (χ2v) is 7.92. The van der Waals surface area contributed by atoms with Crippen LogP contribution in [0.3, 0.4) is 0 Å². The van der Waals surface area contributed by atoms with Gasteiger partial charge in [-0.3, -0.25) is 9.59 Å². The number of nitrogens with zero attached hydrogens (tertiary/aromatic N) is 2. The molecule has 0 saturated heterocycles. The topological polar surface area (TPSA) is 66.1 Å². The van der Waals surface area contributed by atoms with Crippen molar-refractivity contribution in [2.75, 3.05) is 5.75 Å². The zero-order valence-electron chi connectivity index (χ0n) is 16.3. The van der Waals surface area contributed by atoms with Gasteiger partial charge in [0, 0.05) is 11.4 Å². The van der Waals surface area contributed by atoms with E-state index in [9.17, 15) is 9.59 Å². The lowest BCUT2D eigenvalue weighted by molar-refractivity contribution is -0.129. The standard InChI is InChI=1S/C24H21N3O2S/c28-23(17-30-19-11-5-2-6-12-19)27(15-18-9-3-1-4-10-18)16-22-25-21-14-8-7-13-20(21)24(29)26-22/h1-14H,15-17H2,(H,25,26,29). The molecule has 1 aromatic heterocycles. The summed E-state index contributed by atoms with van der Waals surface area (Å²) in [6.45, 7) is 0.689. The molecule has 0 fully saturated rings. The Morgan fingerprint density at radius 1 is 0.867 bits per heavy atom. The molecule has 1 amide bonds. The highest BCUT2D eigenvalue weighted by Crippen LogP contribution is 2.19. The fourth-order valence-corrected chi connectivity index (χ4v) is 4.00. The van der Waals surface area contributed by atoms with Gasteiger partial charge in [-0.05, 0) is 29.8 Å². The molecule has 1 heterocycles. The molecule has 0 aliphatic rings. The van der Waals surface area contributed by atoms with E-state index in [-0.39, 0.29) is 18.0 Å². The van der Waals surface area contributed by atoms with E-state index in [2.05, 4.69) is 9.97 Å². The number of fused-ring (bicyclic) bond motifs is 1. The predicted molar refractivity (Wildman–Crippen MR) is 120 cm³/mol. The fourth-order valence-electron chi connectivity index (χ4n) is 3.18. The Morgan fingerprint density at radius 2 is 1.53 bits per heavy atom. The van der Waals surface area contributed by atoms with Crippen molar-refractivity contribution in [2.45, 2.75) is 18.0 Å². The van der Waals surface area contributed by atoms with E-state index in [1.807, 2.05) is 78.9 Å². The van der Waals surface area contributed by atoms with Crippen LogP contribution in [0.4, 0.5) is 0 Å². The molecule has 4 rings (SSSR count). The van der Waals surface area contributed by atoms with Gasteiger partial charge in [0.15, 0.2) is 0 Å². The Morgan fingerprint density at radius 3 is 2.30 bits per heavy atom. The van der Waals surface area contributed by atoms with E-state index in [4.69, 9.17) is 0 Å². The zero-order valence-corrected chi connectivity index (χ0v) is 17.1. The number of hydrogen-bond acceptors (Lipinski definition) is 4. The average molecular weight is 416 g/mol. The normalized spacial score (nSPS) is 10.8. The van der Waals surface area contributed by atoms with Gasteiger partial charge in [-0.25, -0.2) is 4.98 Å². The van der Waals surface area contributed by atoms with Crippen LogP contribution >= 0.6 is 11.8 Å². The van der Waals surface area contributed by atoms with Crippen LogP contribution in [0.25, 0.3) is 10.9 Å². The summed E-state index contributed by atoms with van der Waals surface area (Å²) >= 11 is 1.50. The van der Waals surface area contributed by atoms with Crippen molar-refractivity contribution in [1.29, 1.82) is 0 Å². The van der Waals surface area contributed by atoms with Crippen LogP contribution in [0.5, 0.6) is 0 Å². The molecule has 1 N–H and O–H groups in total. The van der Waals surface area contributed by atoms with E-state index >= 15 is 0 Å². The summed E-state index contributed by atoms with van der Waals surface area (Å²) in [6.07, 6.45) is 0. The molecule has 0 atom stereocenters. The summed E-state index contributed by atoms with van der Waals surface area (Å²) in [5.41, 5.74) is 1.46. The van der Waals surface area contributed by atoms with Crippen LogP contribution in [0.2, 0.25) is 0 Å². The number of hydrogen-bond donors (Lipinski definition) is 1. The first kappa shape index (κ1) is 19.9. The Balaban J connectivity index is 1.56. The van der Waals surface area contributed by atoms with Crippen molar-refractivity contribution in [3.63, 3.8) is 0 Å². The number of H-pyrrole nitrogens is 1. The van der Waals surface area contributed by atoms with Crippen LogP contribution < -0.4 is 5.56 Å². The molecule has 0 spiro atoms. The Labute approximate surface area is 178 Å². The van der Waals surface area contributed by atoms with Crippen LogP contribution in [-0.2, 0) is 17.9 Å². The highest BCUT2D eigenvalue weighted by molar-refractivity contribution is 8.00. The summed E-state index contributed by atoms with van der Waals surface area (Å²) in [5, 5.41) is 0.543. The van der Waals surface area contributed by atoms with Crippen molar-refractivity contribution in [2.24, 2.45) is 0 Å². The molecule has 4 aromatic rings. The van der Waals surface area contributed by atoms with Gasteiger partial charge in [0.2, 0.25) is 5.91 Å². The maximum atomic E-state index is 13.1. The number of thioether (sulfide) groups is 1. The highest BCUT2D eigenvalue weighted by Gasteiger charge is 2.17. The lowest BCUT2D eigenvalue weighted by Crippen LogP contribution is -2.33. The first-order chi connectivity index (χ1) is 14.7. The minimum Gasteiger partial charge on any atom is -0.330 e. The summed E-state index contributed by atoms with van der Waals surface area (Å²) in [7, 11) is 0. The lowest BCUT2D eigenvalue weighted by atomic mass is 10.2. The van der Waals surface area contributed by atoms with Crippen LogP contribution in [0.1, 0.15) is 11.4 Å². The molecule has 30 heavy (non-hydrogen) atoms. The number of nitrogens with one attached hydrogen (secondary N) is 1. The molecule has 0 bridgehead atoms. The lowest BCUT2D eigenvalue weighted by Gasteiger charge is -2.22. The summed E-state index contributed by atoms with van der Waals surface area (Å²) in [6, 6.07) is 26.9. The average Bonchev–Trinajstić information content (AvgIpc) is 2.78. The molecule has 0 aliphatic heterocycles. The molecule has 0 saturated carbocycles. The van der Waals surface area contributed by atoms with Gasteiger partial charge in [0.05, 0.1) is 23.2 Å². The minimum absolute atomic E-state index is 0.0106. The number of rotatable bonds is 7. The predicted octanol–water partition coefficient (Wildman–Crippen LogP) is 4.24. The number of para-hydroxylation sites is 1. The first-order valence-corrected chi connectivity index (χ1v) is 10.6. The first-order valence-electron chi connectivity index (χ1n) is 9.66. The van der Waals surface area contributed by atoms with Crippen molar-refractivity contribution in [1.82, 2.24) is 14.9 Å². The number of benzene rings is 3. The molecular weight excluding hydrogens is 394 g/mol. The Kier molecular flexibility index (Phi) is 6.25. The third-order valence-electron chi connectivity index (χ3n) is 4.68. The smallest absolute Gasteiger partial charge is 0.258 e. The monoisotopic (exact) mass is 415 g/mol. The molecule has 5 nitrogen and oxygen atoms in total. The molecule has 0 unspecified atom stereocenters. The van der Waals surface area contributed by atoms with Crippen molar-refractivity contribution < 1.29 is 4.79 Å². The number of aromatic nitrogens is 2. The van der Waals surface area contributed by atoms with Gasteiger partial charge >= 0.3 is 0 Å². The third-order valence-corrected chi connectivity index (χ3v) is 5.67. The van der Waals surface area contributed by atoms with Gasteiger partial charge in [-0.15, -0.1) is 11.8 Å². The summed E-state index contributed by atoms with van der Waals surface area (Å²) < 4.78 is 0. The maximum absolute atomic E-state index is 13.1. The minimum atomic E-state index is -0.193. The quantitative estimate of drug-likeness (QED) is 0.459. The van der Waals surface area contributed by atoms with Crippen molar-refractivity contribution >= 4 is 28.6 Å². The zero-order chi connectivity index (χ0) is 20.8. The van der Waals surface area contributed by atoms with E-state index in [0.29, 0.717) is 29.0 Å². The van der Waals surface area contributed by atoms with Crippen LogP contribution in [-0.4, -0.2) is 26.5 Å². The van der Waals surface area contributed by atoms with Gasteiger partial charge in [-0.1, -0.05) is 60.7 Å². The van der Waals surface area contributed by atoms with E-state index in [1.54, 1.807) is 11.0 Å². The van der Waals surface area contributed by atoms with Crippen molar-refractivity contribution in [3.05, 3.63) is 107 Å². The Bertz CT molecular complexity index is 1190. The second kappa shape index (κ2) is 9.41.